The lowest BCUT2D eigenvalue weighted by molar-refractivity contribution is 0.536. The second-order valence-corrected chi connectivity index (χ2v) is 5.55. The molecule has 0 aliphatic rings. The molecule has 2 heterocycles. The highest BCUT2D eigenvalue weighted by Crippen LogP contribution is 2.30. The van der Waals surface area contributed by atoms with Crippen molar-refractivity contribution < 1.29 is 0 Å². The van der Waals surface area contributed by atoms with Crippen LogP contribution in [-0.4, -0.2) is 11.5 Å². The van der Waals surface area contributed by atoms with Gasteiger partial charge in [0.05, 0.1) is 5.02 Å². The van der Waals surface area contributed by atoms with Gasteiger partial charge in [-0.15, -0.1) is 11.3 Å². The molecule has 0 spiro atoms. The second kappa shape index (κ2) is 6.88. The van der Waals surface area contributed by atoms with Crippen LogP contribution >= 0.6 is 22.9 Å². The molecular weight excluding hydrogens is 264 g/mol. The van der Waals surface area contributed by atoms with Crippen molar-refractivity contribution in [3.05, 3.63) is 51.4 Å². The van der Waals surface area contributed by atoms with E-state index in [1.165, 1.54) is 10.4 Å². The first kappa shape index (κ1) is 13.5. The topological polar surface area (TPSA) is 24.9 Å². The standard InChI is InChI=1S/C14H17ClN2S/c1-2-6-17-13(14-12(15)5-9-18-14)10-11-3-7-16-8-4-11/h3-5,7-9,13,17H,2,6,10H2,1H3. The monoisotopic (exact) mass is 280 g/mol. The van der Waals surface area contributed by atoms with Gasteiger partial charge in [-0.05, 0) is 48.5 Å². The molecule has 0 bridgehead atoms. The molecule has 0 aliphatic carbocycles. The Morgan fingerprint density at radius 1 is 1.33 bits per heavy atom. The molecule has 18 heavy (non-hydrogen) atoms. The van der Waals surface area contributed by atoms with Crippen LogP contribution < -0.4 is 5.32 Å². The van der Waals surface area contributed by atoms with Crippen molar-refractivity contribution in [1.29, 1.82) is 0 Å². The molecule has 0 radical (unpaired) electrons. The van der Waals surface area contributed by atoms with Crippen molar-refractivity contribution in [2.24, 2.45) is 0 Å². The Bertz CT molecular complexity index is 470. The van der Waals surface area contributed by atoms with Crippen LogP contribution in [0.2, 0.25) is 5.02 Å². The summed E-state index contributed by atoms with van der Waals surface area (Å²) in [6.07, 6.45) is 5.74. The largest absolute Gasteiger partial charge is 0.309 e. The van der Waals surface area contributed by atoms with Crippen molar-refractivity contribution in [2.75, 3.05) is 6.54 Å². The van der Waals surface area contributed by atoms with Crippen molar-refractivity contribution >= 4 is 22.9 Å². The Balaban J connectivity index is 2.13. The lowest BCUT2D eigenvalue weighted by Gasteiger charge is -2.17. The van der Waals surface area contributed by atoms with Crippen LogP contribution in [0.3, 0.4) is 0 Å². The maximum absolute atomic E-state index is 6.24. The van der Waals surface area contributed by atoms with Gasteiger partial charge in [-0.25, -0.2) is 0 Å². The average molecular weight is 281 g/mol. The summed E-state index contributed by atoms with van der Waals surface area (Å²) >= 11 is 7.96. The van der Waals surface area contributed by atoms with E-state index in [0.29, 0.717) is 6.04 Å². The molecule has 0 aliphatic heterocycles. The summed E-state index contributed by atoms with van der Waals surface area (Å²) in [6.45, 7) is 3.18. The van der Waals surface area contributed by atoms with Gasteiger partial charge in [0, 0.05) is 23.3 Å². The number of nitrogens with zero attached hydrogens (tertiary/aromatic N) is 1. The van der Waals surface area contributed by atoms with Gasteiger partial charge in [0.2, 0.25) is 0 Å². The van der Waals surface area contributed by atoms with Gasteiger partial charge in [0.15, 0.2) is 0 Å². The van der Waals surface area contributed by atoms with Crippen LogP contribution in [0.25, 0.3) is 0 Å². The number of aromatic nitrogens is 1. The Labute approximate surface area is 117 Å². The predicted molar refractivity (Wildman–Crippen MR) is 78.3 cm³/mol. The molecule has 4 heteroatoms. The van der Waals surface area contributed by atoms with Gasteiger partial charge in [0.25, 0.3) is 0 Å². The fourth-order valence-corrected chi connectivity index (χ4v) is 3.15. The summed E-state index contributed by atoms with van der Waals surface area (Å²) in [7, 11) is 0. The predicted octanol–water partition coefficient (Wildman–Crippen LogP) is 4.08. The van der Waals surface area contributed by atoms with E-state index in [0.717, 1.165) is 24.4 Å². The number of hydrogen-bond donors (Lipinski definition) is 1. The summed E-state index contributed by atoms with van der Waals surface area (Å²) < 4.78 is 0. The highest BCUT2D eigenvalue weighted by molar-refractivity contribution is 7.10. The lowest BCUT2D eigenvalue weighted by Crippen LogP contribution is -2.23. The number of rotatable bonds is 6. The van der Waals surface area contributed by atoms with Crippen LogP contribution in [0.1, 0.15) is 29.8 Å². The van der Waals surface area contributed by atoms with Gasteiger partial charge < -0.3 is 5.32 Å². The van der Waals surface area contributed by atoms with Crippen molar-refractivity contribution in [1.82, 2.24) is 10.3 Å². The average Bonchev–Trinajstić information content (AvgIpc) is 2.82. The van der Waals surface area contributed by atoms with E-state index < -0.39 is 0 Å². The van der Waals surface area contributed by atoms with Crippen LogP contribution in [0.15, 0.2) is 36.0 Å². The van der Waals surface area contributed by atoms with Gasteiger partial charge in [-0.1, -0.05) is 18.5 Å². The number of halogens is 1. The Hall–Kier alpha value is -0.900. The fourth-order valence-electron chi connectivity index (χ4n) is 1.88. The third-order valence-electron chi connectivity index (χ3n) is 2.79. The van der Waals surface area contributed by atoms with Gasteiger partial charge >= 0.3 is 0 Å². The van der Waals surface area contributed by atoms with E-state index in [1.807, 2.05) is 23.8 Å². The zero-order valence-electron chi connectivity index (χ0n) is 10.4. The van der Waals surface area contributed by atoms with Crippen molar-refractivity contribution in [3.8, 4) is 0 Å². The molecule has 2 rings (SSSR count). The molecule has 2 aromatic rings. The normalized spacial score (nSPS) is 12.6. The number of hydrogen-bond acceptors (Lipinski definition) is 3. The van der Waals surface area contributed by atoms with E-state index in [1.54, 1.807) is 11.3 Å². The van der Waals surface area contributed by atoms with Gasteiger partial charge in [-0.3, -0.25) is 4.98 Å². The van der Waals surface area contributed by atoms with E-state index in [2.05, 4.69) is 29.4 Å². The molecule has 0 aromatic carbocycles. The smallest absolute Gasteiger partial charge is 0.0561 e. The maximum atomic E-state index is 6.24. The molecule has 96 valence electrons. The van der Waals surface area contributed by atoms with Gasteiger partial charge in [0.1, 0.15) is 0 Å². The molecule has 1 unspecified atom stereocenters. The molecule has 1 N–H and O–H groups in total. The van der Waals surface area contributed by atoms with E-state index in [-0.39, 0.29) is 0 Å². The minimum atomic E-state index is 0.292. The van der Waals surface area contributed by atoms with Crippen molar-refractivity contribution in [3.63, 3.8) is 0 Å². The first-order chi connectivity index (χ1) is 8.81. The fraction of sp³-hybridized carbons (Fsp3) is 0.357. The third-order valence-corrected chi connectivity index (χ3v) is 4.26. The molecule has 0 saturated heterocycles. The van der Waals surface area contributed by atoms with Crippen molar-refractivity contribution in [2.45, 2.75) is 25.8 Å². The van der Waals surface area contributed by atoms with E-state index in [9.17, 15) is 0 Å². The quantitative estimate of drug-likeness (QED) is 0.862. The number of thiophene rings is 1. The lowest BCUT2D eigenvalue weighted by atomic mass is 10.1. The van der Waals surface area contributed by atoms with E-state index >= 15 is 0 Å². The molecule has 2 aromatic heterocycles. The maximum Gasteiger partial charge on any atom is 0.0561 e. The van der Waals surface area contributed by atoms with Crippen LogP contribution in [0.4, 0.5) is 0 Å². The Morgan fingerprint density at radius 2 is 2.11 bits per heavy atom. The highest BCUT2D eigenvalue weighted by atomic mass is 35.5. The zero-order chi connectivity index (χ0) is 12.8. The summed E-state index contributed by atoms with van der Waals surface area (Å²) in [6, 6.07) is 6.37. The van der Waals surface area contributed by atoms with Crippen LogP contribution in [-0.2, 0) is 6.42 Å². The summed E-state index contributed by atoms with van der Waals surface area (Å²) in [5.74, 6) is 0. The minimum absolute atomic E-state index is 0.292. The molecule has 0 fully saturated rings. The molecule has 2 nitrogen and oxygen atoms in total. The zero-order valence-corrected chi connectivity index (χ0v) is 12.0. The molecule has 1 atom stereocenters. The molecule has 0 amide bonds. The van der Waals surface area contributed by atoms with Gasteiger partial charge in [-0.2, -0.15) is 0 Å². The Morgan fingerprint density at radius 3 is 2.72 bits per heavy atom. The minimum Gasteiger partial charge on any atom is -0.309 e. The number of nitrogens with one attached hydrogen (secondary N) is 1. The van der Waals surface area contributed by atoms with E-state index in [4.69, 9.17) is 11.6 Å². The first-order valence-electron chi connectivity index (χ1n) is 6.16. The molecular formula is C14H17ClN2S. The Kier molecular flexibility index (Phi) is 5.17. The highest BCUT2D eigenvalue weighted by Gasteiger charge is 2.15. The summed E-state index contributed by atoms with van der Waals surface area (Å²) in [5, 5.41) is 6.48. The van der Waals surface area contributed by atoms with Crippen LogP contribution in [0.5, 0.6) is 0 Å². The third kappa shape index (κ3) is 3.55. The molecule has 0 saturated carbocycles. The second-order valence-electron chi connectivity index (χ2n) is 4.20. The summed E-state index contributed by atoms with van der Waals surface area (Å²) in [5.41, 5.74) is 1.28. The first-order valence-corrected chi connectivity index (χ1v) is 7.42. The van der Waals surface area contributed by atoms with Crippen LogP contribution in [0, 0.1) is 0 Å². The SMILES string of the molecule is CCCNC(Cc1ccncc1)c1sccc1Cl. The summed E-state index contributed by atoms with van der Waals surface area (Å²) in [4.78, 5) is 5.28. The number of pyridine rings is 1.